The molecule has 0 saturated carbocycles. The van der Waals surface area contributed by atoms with Crippen molar-refractivity contribution in [2.24, 2.45) is 10.7 Å². The number of nitrogens with two attached hydrogens (primary N) is 1. The van der Waals surface area contributed by atoms with Crippen LogP contribution in [0.4, 0.5) is 4.79 Å². The van der Waals surface area contributed by atoms with Gasteiger partial charge in [-0.2, -0.15) is 0 Å². The van der Waals surface area contributed by atoms with Crippen LogP contribution in [0.25, 0.3) is 11.1 Å². The number of allylic oxidation sites excluding steroid dienone is 5. The maximum absolute atomic E-state index is 13.1. The molecule has 0 unspecified atom stereocenters. The van der Waals surface area contributed by atoms with Crippen molar-refractivity contribution in [3.05, 3.63) is 106 Å². The largest absolute Gasteiger partial charge is 0.372 e. The average molecular weight is 704 g/mol. The molecule has 1 aliphatic rings. The molecule has 0 aromatic heterocycles. The van der Waals surface area contributed by atoms with Crippen LogP contribution in [0.2, 0.25) is 0 Å². The predicted octanol–water partition coefficient (Wildman–Crippen LogP) is 10.1. The Kier molecular flexibility index (Phi) is 22.9. The molecule has 7 nitrogen and oxygen atoms in total. The fourth-order valence-electron chi connectivity index (χ4n) is 5.44. The molecule has 0 atom stereocenters. The molecule has 0 bridgehead atoms. The molecule has 3 amide bonds. The second kappa shape index (κ2) is 25.9. The highest BCUT2D eigenvalue weighted by Gasteiger charge is 2.14. The summed E-state index contributed by atoms with van der Waals surface area (Å²) in [5, 5.41) is 6.53. The molecular formula is C42H62ClN5O2. The van der Waals surface area contributed by atoms with Crippen LogP contribution in [0.1, 0.15) is 105 Å². The summed E-state index contributed by atoms with van der Waals surface area (Å²) >= 11 is 6.45. The summed E-state index contributed by atoms with van der Waals surface area (Å²) in [6.07, 6.45) is 13.3. The van der Waals surface area contributed by atoms with Gasteiger partial charge >= 0.3 is 6.03 Å². The number of nitrogens with one attached hydrogen (secondary N) is 2. The predicted molar refractivity (Wildman–Crippen MR) is 216 cm³/mol. The van der Waals surface area contributed by atoms with Crippen LogP contribution in [0.15, 0.2) is 99.8 Å². The van der Waals surface area contributed by atoms with Crippen molar-refractivity contribution < 1.29 is 9.59 Å². The molecule has 1 fully saturated rings. The number of halogens is 1. The summed E-state index contributed by atoms with van der Waals surface area (Å²) in [5.41, 5.74) is 12.5. The molecule has 1 aliphatic heterocycles. The number of benzene rings is 2. The number of primary amides is 1. The second-order valence-corrected chi connectivity index (χ2v) is 12.5. The summed E-state index contributed by atoms with van der Waals surface area (Å²) in [6.45, 7) is 22.4. The van der Waals surface area contributed by atoms with Crippen molar-refractivity contribution in [1.82, 2.24) is 15.5 Å². The lowest BCUT2D eigenvalue weighted by atomic mass is 9.97. The number of piperidine rings is 1. The van der Waals surface area contributed by atoms with Gasteiger partial charge in [0.25, 0.3) is 0 Å². The van der Waals surface area contributed by atoms with Gasteiger partial charge in [0.1, 0.15) is 0 Å². The van der Waals surface area contributed by atoms with E-state index in [4.69, 9.17) is 21.4 Å². The normalized spacial score (nSPS) is 14.3. The van der Waals surface area contributed by atoms with Gasteiger partial charge in [-0.3, -0.25) is 9.79 Å². The molecule has 2 aromatic rings. The molecule has 274 valence electrons. The summed E-state index contributed by atoms with van der Waals surface area (Å²) in [7, 11) is 0. The van der Waals surface area contributed by atoms with Crippen molar-refractivity contribution in [3.8, 4) is 11.1 Å². The van der Waals surface area contributed by atoms with E-state index in [0.717, 1.165) is 40.8 Å². The molecule has 0 spiro atoms. The Morgan fingerprint density at radius 2 is 1.64 bits per heavy atom. The highest BCUT2D eigenvalue weighted by Crippen LogP contribution is 2.24. The van der Waals surface area contributed by atoms with Crippen molar-refractivity contribution in [2.45, 2.75) is 99.8 Å². The van der Waals surface area contributed by atoms with Crippen LogP contribution >= 0.6 is 11.6 Å². The van der Waals surface area contributed by atoms with Crippen molar-refractivity contribution >= 4 is 29.8 Å². The number of hydrogen-bond donors (Lipinski definition) is 3. The first-order valence-electron chi connectivity index (χ1n) is 18.3. The third kappa shape index (κ3) is 16.2. The fourth-order valence-corrected chi connectivity index (χ4v) is 5.63. The molecule has 1 heterocycles. The Bertz CT molecular complexity index is 1470. The zero-order valence-corrected chi connectivity index (χ0v) is 32.5. The molecule has 0 radical (unpaired) electrons. The molecule has 0 aliphatic carbocycles. The molecule has 50 heavy (non-hydrogen) atoms. The van der Waals surface area contributed by atoms with Crippen molar-refractivity contribution in [3.63, 3.8) is 0 Å². The number of urea groups is 1. The van der Waals surface area contributed by atoms with Gasteiger partial charge in [0, 0.05) is 22.8 Å². The van der Waals surface area contributed by atoms with Gasteiger partial charge in [0.15, 0.2) is 0 Å². The number of unbranched alkanes of at least 4 members (excludes halogenated alkanes) is 1. The van der Waals surface area contributed by atoms with E-state index in [1.54, 1.807) is 0 Å². The van der Waals surface area contributed by atoms with Crippen molar-refractivity contribution in [1.29, 1.82) is 0 Å². The van der Waals surface area contributed by atoms with E-state index < -0.39 is 0 Å². The number of likely N-dealkylation sites (tertiary alicyclic amines) is 1. The lowest BCUT2D eigenvalue weighted by Gasteiger charge is -2.26. The number of rotatable bonds is 15. The topological polar surface area (TPSA) is 99.8 Å². The number of hydrogen-bond acceptors (Lipinski definition) is 4. The molecule has 1 saturated heterocycles. The van der Waals surface area contributed by atoms with E-state index >= 15 is 0 Å². The Morgan fingerprint density at radius 1 is 1.00 bits per heavy atom. The highest BCUT2D eigenvalue weighted by atomic mass is 35.5. The Balaban J connectivity index is 0.00000237. The van der Waals surface area contributed by atoms with E-state index in [9.17, 15) is 4.79 Å². The second-order valence-electron chi connectivity index (χ2n) is 12.1. The van der Waals surface area contributed by atoms with Crippen LogP contribution in [-0.2, 0) is 11.2 Å². The summed E-state index contributed by atoms with van der Waals surface area (Å²) in [4.78, 5) is 29.2. The summed E-state index contributed by atoms with van der Waals surface area (Å²) in [6, 6.07) is 17.0. The number of nitrogens with zero attached hydrogens (tertiary/aromatic N) is 2. The zero-order valence-electron chi connectivity index (χ0n) is 31.7. The maximum Gasteiger partial charge on any atom is 0.323 e. The monoisotopic (exact) mass is 703 g/mol. The zero-order chi connectivity index (χ0) is 37.3. The standard InChI is InChI=1S/C39H53ClN4O.C2H6.CH3NO/c1-7-22-41-37(28-36(29(4)5)42-39(45)43-38(30(6)8-2)35(40)9-3)34-21-16-20-33(27-34)32-19-15-18-31(26-32)17-11-14-25-44-23-12-10-13-24-44;1-2;2-1-3/h8,15-16,18-21,26-28H,4,7,9-14,17,22-25H2,1-3,5-6H3,(H2,42,43,45);1-2H3;1H,(H2,2,3)/b30-8-,36-28+,38-35-,41-37?;;. The lowest BCUT2D eigenvalue weighted by molar-refractivity contribution is -0.106. The smallest absolute Gasteiger partial charge is 0.323 e. The average Bonchev–Trinajstić information content (AvgIpc) is 3.14. The number of amides is 3. The van der Waals surface area contributed by atoms with Gasteiger partial charge in [0.05, 0.1) is 11.4 Å². The Hall–Kier alpha value is -3.94. The summed E-state index contributed by atoms with van der Waals surface area (Å²) in [5.74, 6) is 0. The van der Waals surface area contributed by atoms with E-state index in [-0.39, 0.29) is 12.4 Å². The van der Waals surface area contributed by atoms with E-state index in [2.05, 4.69) is 83.3 Å². The van der Waals surface area contributed by atoms with E-state index in [0.29, 0.717) is 29.4 Å². The molecule has 8 heteroatoms. The quantitative estimate of drug-likeness (QED) is 0.0745. The van der Waals surface area contributed by atoms with Crippen LogP contribution < -0.4 is 16.4 Å². The Morgan fingerprint density at radius 3 is 2.24 bits per heavy atom. The first-order chi connectivity index (χ1) is 24.2. The minimum atomic E-state index is -0.372. The molecule has 2 aromatic carbocycles. The SMILES string of the molecule is C=C(C)/C(=C\C(=NCCC)c1cccc(-c2cccc(CCCCN3CCCCC3)c2)c1)NC(=O)NC(/C(C)=C\C)=C(\Cl)CC.CC.NC=O. The third-order valence-electron chi connectivity index (χ3n) is 8.20. The van der Waals surface area contributed by atoms with Gasteiger partial charge < -0.3 is 21.3 Å². The number of aryl methyl sites for hydroxylation is 1. The van der Waals surface area contributed by atoms with Crippen LogP contribution in [0.5, 0.6) is 0 Å². The number of carbonyl (C=O) groups excluding carboxylic acids is 2. The van der Waals surface area contributed by atoms with Gasteiger partial charge in [-0.1, -0.05) is 101 Å². The summed E-state index contributed by atoms with van der Waals surface area (Å²) < 4.78 is 0. The molecule has 4 N–H and O–H groups in total. The fraction of sp³-hybridized carbons (Fsp3) is 0.452. The first kappa shape index (κ1) is 44.1. The van der Waals surface area contributed by atoms with Crippen LogP contribution in [-0.4, -0.2) is 49.2 Å². The van der Waals surface area contributed by atoms with E-state index in [1.165, 1.54) is 62.9 Å². The third-order valence-corrected chi connectivity index (χ3v) is 8.66. The lowest BCUT2D eigenvalue weighted by Crippen LogP contribution is -2.35. The van der Waals surface area contributed by atoms with Gasteiger partial charge in [-0.05, 0) is 125 Å². The minimum absolute atomic E-state index is 0.250. The van der Waals surface area contributed by atoms with Crippen LogP contribution in [0.3, 0.4) is 0 Å². The van der Waals surface area contributed by atoms with Gasteiger partial charge in [-0.15, -0.1) is 0 Å². The maximum atomic E-state index is 13.1. The molecule has 3 rings (SSSR count). The highest BCUT2D eigenvalue weighted by molar-refractivity contribution is 6.30. The van der Waals surface area contributed by atoms with E-state index in [1.807, 2.05) is 53.7 Å². The first-order valence-corrected chi connectivity index (χ1v) is 18.6. The van der Waals surface area contributed by atoms with Crippen LogP contribution in [0, 0.1) is 0 Å². The van der Waals surface area contributed by atoms with Gasteiger partial charge in [-0.25, -0.2) is 4.79 Å². The number of carbonyl (C=O) groups is 2. The number of aliphatic imine (C=N–C) groups is 1. The van der Waals surface area contributed by atoms with Crippen molar-refractivity contribution in [2.75, 3.05) is 26.2 Å². The van der Waals surface area contributed by atoms with Gasteiger partial charge in [0.2, 0.25) is 6.41 Å². The minimum Gasteiger partial charge on any atom is -0.372 e. The molecular weight excluding hydrogens is 642 g/mol. The Labute approximate surface area is 307 Å².